The lowest BCUT2D eigenvalue weighted by molar-refractivity contribution is -0.0300. The molecular formula is C32H46FN7O5S. The van der Waals surface area contributed by atoms with Crippen LogP contribution in [0.1, 0.15) is 62.7 Å². The van der Waals surface area contributed by atoms with Crippen LogP contribution >= 0.6 is 0 Å². The van der Waals surface area contributed by atoms with Crippen LogP contribution in [0.4, 0.5) is 10.2 Å². The fourth-order valence-corrected chi connectivity index (χ4v) is 7.71. The smallest absolute Gasteiger partial charge is 0.279 e. The minimum Gasteiger partial charge on any atom is -0.451 e. The van der Waals surface area contributed by atoms with E-state index < -0.39 is 16.0 Å². The van der Waals surface area contributed by atoms with Crippen molar-refractivity contribution < 1.29 is 27.1 Å². The van der Waals surface area contributed by atoms with Gasteiger partial charge in [-0.25, -0.2) is 14.4 Å². The van der Waals surface area contributed by atoms with Gasteiger partial charge in [0.25, 0.3) is 16.1 Å². The van der Waals surface area contributed by atoms with Crippen molar-refractivity contribution in [2.75, 3.05) is 58.3 Å². The summed E-state index contributed by atoms with van der Waals surface area (Å²) in [5.74, 6) is 0.695. The molecule has 1 amide bonds. The highest BCUT2D eigenvalue weighted by atomic mass is 32.2. The molecule has 4 fully saturated rings. The molecule has 14 heteroatoms. The Kier molecular flexibility index (Phi) is 9.55. The summed E-state index contributed by atoms with van der Waals surface area (Å²) in [6.07, 6.45) is 8.83. The van der Waals surface area contributed by atoms with E-state index in [0.717, 1.165) is 71.2 Å². The highest BCUT2D eigenvalue weighted by molar-refractivity contribution is 7.87. The van der Waals surface area contributed by atoms with Crippen molar-refractivity contribution in [2.45, 2.75) is 76.6 Å². The van der Waals surface area contributed by atoms with Crippen LogP contribution in [0.25, 0.3) is 0 Å². The number of ether oxygens (including phenoxy) is 2. The summed E-state index contributed by atoms with van der Waals surface area (Å²) in [6.45, 7) is 8.84. The molecule has 6 rings (SSSR count). The van der Waals surface area contributed by atoms with Gasteiger partial charge in [0.05, 0.1) is 24.5 Å². The molecule has 1 aromatic carbocycles. The molecule has 0 radical (unpaired) electrons. The minimum atomic E-state index is -3.47. The van der Waals surface area contributed by atoms with Gasteiger partial charge in [-0.05, 0) is 83.7 Å². The Hall–Kier alpha value is -2.91. The molecular weight excluding hydrogens is 613 g/mol. The van der Waals surface area contributed by atoms with Gasteiger partial charge in [0.2, 0.25) is 0 Å². The number of hydrogen-bond donors (Lipinski definition) is 1. The quantitative estimate of drug-likeness (QED) is 0.388. The number of aromatic nitrogens is 2. The molecule has 46 heavy (non-hydrogen) atoms. The Morgan fingerprint density at radius 3 is 2.52 bits per heavy atom. The second kappa shape index (κ2) is 13.3. The first kappa shape index (κ1) is 33.0. The van der Waals surface area contributed by atoms with Gasteiger partial charge in [0.1, 0.15) is 17.9 Å². The Labute approximate surface area is 271 Å². The standard InChI is InChI=1S/C32H46FN7O5S/c1-22(2)40(25-7-8-25)31(41)27-15-23(33)5-10-28(27)45-29-16-34-21-35-30(29)39-19-32(20-39)11-13-38(14-12-32)17-26-9-6-24(18-44-26)36-46(42,43)37(3)4/h5,10,15-16,21-22,24-26,36H,6-9,11-14,17-20H2,1-4H3/t24-,26+/m1/s1. The fraction of sp³-hybridized carbons (Fsp3) is 0.656. The monoisotopic (exact) mass is 659 g/mol. The van der Waals surface area contributed by atoms with Crippen LogP contribution in [-0.4, -0.2) is 116 Å². The summed E-state index contributed by atoms with van der Waals surface area (Å²) in [5.41, 5.74) is 0.399. The van der Waals surface area contributed by atoms with Crippen molar-refractivity contribution in [2.24, 2.45) is 5.41 Å². The minimum absolute atomic E-state index is 0.00510. The summed E-state index contributed by atoms with van der Waals surface area (Å²) in [6, 6.07) is 4.06. The normalized spacial score (nSPS) is 23.5. The van der Waals surface area contributed by atoms with Crippen LogP contribution in [-0.2, 0) is 14.9 Å². The van der Waals surface area contributed by atoms with E-state index in [0.29, 0.717) is 23.9 Å². The number of carbonyl (C=O) groups is 1. The molecule has 3 saturated heterocycles. The van der Waals surface area contributed by atoms with Gasteiger partial charge >= 0.3 is 0 Å². The van der Waals surface area contributed by atoms with Gasteiger partial charge in [0.15, 0.2) is 11.6 Å². The predicted molar refractivity (Wildman–Crippen MR) is 172 cm³/mol. The third-order valence-corrected chi connectivity index (χ3v) is 11.3. The average Bonchev–Trinajstić information content (AvgIpc) is 3.83. The van der Waals surface area contributed by atoms with E-state index in [1.165, 1.54) is 42.9 Å². The number of benzene rings is 1. The van der Waals surface area contributed by atoms with Gasteiger partial charge < -0.3 is 24.2 Å². The molecule has 3 aliphatic heterocycles. The molecule has 1 spiro atoms. The first-order valence-corrected chi connectivity index (χ1v) is 17.8. The van der Waals surface area contributed by atoms with Crippen molar-refractivity contribution in [3.63, 3.8) is 0 Å². The summed E-state index contributed by atoms with van der Waals surface area (Å²) in [5, 5.41) is 0. The number of nitrogens with zero attached hydrogens (tertiary/aromatic N) is 6. The number of piperidine rings is 1. The van der Waals surface area contributed by atoms with Crippen LogP contribution in [0.3, 0.4) is 0 Å². The lowest BCUT2D eigenvalue weighted by Gasteiger charge is -2.54. The van der Waals surface area contributed by atoms with Crippen molar-refractivity contribution in [1.82, 2.24) is 28.8 Å². The highest BCUT2D eigenvalue weighted by Gasteiger charge is 2.46. The third-order valence-electron chi connectivity index (χ3n) is 9.68. The van der Waals surface area contributed by atoms with Crippen LogP contribution in [0.2, 0.25) is 0 Å². The number of likely N-dealkylation sites (tertiary alicyclic amines) is 1. The Morgan fingerprint density at radius 1 is 1.15 bits per heavy atom. The number of amides is 1. The van der Waals surface area contributed by atoms with Crippen molar-refractivity contribution >= 4 is 21.9 Å². The Bertz CT molecular complexity index is 1500. The largest absolute Gasteiger partial charge is 0.451 e. The maximum absolute atomic E-state index is 14.4. The molecule has 4 heterocycles. The molecule has 2 aromatic rings. The molecule has 0 bridgehead atoms. The van der Waals surface area contributed by atoms with Crippen LogP contribution in [0.5, 0.6) is 11.5 Å². The number of rotatable bonds is 11. The van der Waals surface area contributed by atoms with E-state index in [2.05, 4.69) is 24.5 Å². The second-order valence-electron chi connectivity index (χ2n) is 13.8. The molecule has 4 aliphatic rings. The average molecular weight is 660 g/mol. The van der Waals surface area contributed by atoms with Gasteiger partial charge in [-0.1, -0.05) is 0 Å². The fourth-order valence-electron chi connectivity index (χ4n) is 6.90. The van der Waals surface area contributed by atoms with E-state index in [1.54, 1.807) is 6.20 Å². The molecule has 1 aromatic heterocycles. The molecule has 1 aliphatic carbocycles. The van der Waals surface area contributed by atoms with E-state index in [1.807, 2.05) is 18.7 Å². The van der Waals surface area contributed by atoms with Crippen LogP contribution < -0.4 is 14.4 Å². The van der Waals surface area contributed by atoms with Gasteiger partial charge in [-0.3, -0.25) is 4.79 Å². The summed E-state index contributed by atoms with van der Waals surface area (Å²) in [4.78, 5) is 28.8. The maximum Gasteiger partial charge on any atom is 0.279 e. The SMILES string of the molecule is CC(C)N(C(=O)c1cc(F)ccc1Oc1cncnc1N1CC2(CCN(C[C@@H]3CC[C@@H](NS(=O)(=O)N(C)C)CO3)CC2)C1)C1CC1. The first-order chi connectivity index (χ1) is 21.9. The van der Waals surface area contributed by atoms with Crippen molar-refractivity contribution in [3.05, 3.63) is 42.1 Å². The zero-order valence-corrected chi connectivity index (χ0v) is 28.0. The maximum atomic E-state index is 14.4. The first-order valence-electron chi connectivity index (χ1n) is 16.3. The number of carbonyl (C=O) groups excluding carboxylic acids is 1. The number of nitrogens with one attached hydrogen (secondary N) is 1. The lowest BCUT2D eigenvalue weighted by atomic mass is 9.72. The predicted octanol–water partition coefficient (Wildman–Crippen LogP) is 3.27. The molecule has 252 valence electrons. The van der Waals surface area contributed by atoms with E-state index >= 15 is 0 Å². The summed E-state index contributed by atoms with van der Waals surface area (Å²) in [7, 11) is -0.431. The van der Waals surface area contributed by atoms with Crippen LogP contribution in [0.15, 0.2) is 30.7 Å². The number of halogens is 1. The summed E-state index contributed by atoms with van der Waals surface area (Å²) >= 11 is 0. The molecule has 1 saturated carbocycles. The van der Waals surface area contributed by atoms with Crippen LogP contribution in [0, 0.1) is 11.2 Å². The van der Waals surface area contributed by atoms with Crippen molar-refractivity contribution in [3.8, 4) is 11.5 Å². The van der Waals surface area contributed by atoms with Gasteiger partial charge in [-0.2, -0.15) is 17.4 Å². The molecule has 12 nitrogen and oxygen atoms in total. The highest BCUT2D eigenvalue weighted by Crippen LogP contribution is 2.45. The topological polar surface area (TPSA) is 120 Å². The lowest BCUT2D eigenvalue weighted by Crippen LogP contribution is -2.61. The number of hydrogen-bond acceptors (Lipinski definition) is 9. The second-order valence-corrected chi connectivity index (χ2v) is 15.7. The molecule has 0 unspecified atom stereocenters. The zero-order valence-electron chi connectivity index (χ0n) is 27.2. The van der Waals surface area contributed by atoms with E-state index in [4.69, 9.17) is 9.47 Å². The van der Waals surface area contributed by atoms with Gasteiger partial charge in [0, 0.05) is 57.3 Å². The molecule has 2 atom stereocenters. The zero-order chi connectivity index (χ0) is 32.6. The Morgan fingerprint density at radius 2 is 1.89 bits per heavy atom. The van der Waals surface area contributed by atoms with E-state index in [-0.39, 0.29) is 41.1 Å². The molecule has 1 N–H and O–H groups in total. The third kappa shape index (κ3) is 7.30. The van der Waals surface area contributed by atoms with Gasteiger partial charge in [-0.15, -0.1) is 0 Å². The number of anilines is 1. The van der Waals surface area contributed by atoms with E-state index in [9.17, 15) is 17.6 Å². The summed E-state index contributed by atoms with van der Waals surface area (Å²) < 4.78 is 54.8. The Balaban J connectivity index is 1.03. The van der Waals surface area contributed by atoms with Crippen molar-refractivity contribution in [1.29, 1.82) is 0 Å².